The van der Waals surface area contributed by atoms with E-state index < -0.39 is 0 Å². The van der Waals surface area contributed by atoms with Gasteiger partial charge in [-0.2, -0.15) is 0 Å². The summed E-state index contributed by atoms with van der Waals surface area (Å²) in [5.41, 5.74) is 0. The number of halogens is 1. The first-order valence-corrected chi connectivity index (χ1v) is 4.70. The van der Waals surface area contributed by atoms with Gasteiger partial charge in [0.1, 0.15) is 0 Å². The molecule has 1 aliphatic carbocycles. The zero-order valence-corrected chi connectivity index (χ0v) is 7.83. The highest BCUT2D eigenvalue weighted by Crippen LogP contribution is 2.31. The van der Waals surface area contributed by atoms with Gasteiger partial charge in [0, 0.05) is 6.04 Å². The van der Waals surface area contributed by atoms with Gasteiger partial charge in [0.25, 0.3) is 0 Å². The Bertz CT molecular complexity index is 104. The molecule has 0 unspecified atom stereocenters. The lowest BCUT2D eigenvalue weighted by atomic mass is 9.99. The third-order valence-electron chi connectivity index (χ3n) is 3.07. The maximum atomic E-state index is 3.64. The number of rotatable bonds is 0. The topological polar surface area (TPSA) is 12.0 Å². The Morgan fingerprint density at radius 3 is 2.64 bits per heavy atom. The van der Waals surface area contributed by atoms with E-state index in [0.717, 1.165) is 12.0 Å². The number of nitrogens with one attached hydrogen (secondary N) is 1. The summed E-state index contributed by atoms with van der Waals surface area (Å²) < 4.78 is 0. The van der Waals surface area contributed by atoms with Crippen molar-refractivity contribution in [3.05, 3.63) is 0 Å². The Morgan fingerprint density at radius 1 is 0.909 bits per heavy atom. The fourth-order valence-corrected chi connectivity index (χ4v) is 2.47. The van der Waals surface area contributed by atoms with Crippen LogP contribution in [0.3, 0.4) is 0 Å². The normalized spacial score (nSPS) is 37.1. The molecule has 0 bridgehead atoms. The number of fused-ring (bicyclic) bond motifs is 1. The second-order valence-electron chi connectivity index (χ2n) is 3.75. The van der Waals surface area contributed by atoms with Crippen molar-refractivity contribution in [3.63, 3.8) is 0 Å². The number of hydrogen-bond acceptors (Lipinski definition) is 1. The summed E-state index contributed by atoms with van der Waals surface area (Å²) in [5, 5.41) is 3.64. The summed E-state index contributed by atoms with van der Waals surface area (Å²) >= 11 is 0. The predicted octanol–water partition coefficient (Wildman–Crippen LogP) is 2.35. The Hall–Kier alpha value is 0.250. The quantitative estimate of drug-likeness (QED) is 0.596. The van der Waals surface area contributed by atoms with Crippen molar-refractivity contribution in [1.82, 2.24) is 5.32 Å². The van der Waals surface area contributed by atoms with Crippen LogP contribution in [0.1, 0.15) is 38.5 Å². The van der Waals surface area contributed by atoms with E-state index in [4.69, 9.17) is 0 Å². The van der Waals surface area contributed by atoms with Crippen molar-refractivity contribution in [2.75, 3.05) is 6.54 Å². The summed E-state index contributed by atoms with van der Waals surface area (Å²) in [6.45, 7) is 1.28. The van der Waals surface area contributed by atoms with Gasteiger partial charge in [0.05, 0.1) is 0 Å². The molecule has 66 valence electrons. The van der Waals surface area contributed by atoms with E-state index in [1.54, 1.807) is 0 Å². The molecular weight excluding hydrogens is 158 g/mol. The molecule has 1 nitrogen and oxygen atoms in total. The van der Waals surface area contributed by atoms with Gasteiger partial charge in [0.15, 0.2) is 0 Å². The molecule has 2 atom stereocenters. The molecule has 11 heavy (non-hydrogen) atoms. The van der Waals surface area contributed by atoms with Crippen molar-refractivity contribution < 1.29 is 0 Å². The summed E-state index contributed by atoms with van der Waals surface area (Å²) in [4.78, 5) is 0. The molecule has 1 saturated heterocycles. The van der Waals surface area contributed by atoms with Gasteiger partial charge in [-0.15, -0.1) is 12.4 Å². The van der Waals surface area contributed by atoms with Gasteiger partial charge >= 0.3 is 0 Å². The predicted molar refractivity (Wildman–Crippen MR) is 50.2 cm³/mol. The Kier molecular flexibility index (Phi) is 3.67. The lowest BCUT2D eigenvalue weighted by molar-refractivity contribution is 0.414. The first kappa shape index (κ1) is 9.34. The van der Waals surface area contributed by atoms with E-state index in [2.05, 4.69) is 5.32 Å². The van der Waals surface area contributed by atoms with Gasteiger partial charge in [-0.05, 0) is 38.1 Å². The third-order valence-corrected chi connectivity index (χ3v) is 3.07. The Morgan fingerprint density at radius 2 is 1.73 bits per heavy atom. The maximum absolute atomic E-state index is 3.64. The van der Waals surface area contributed by atoms with E-state index in [0.29, 0.717) is 0 Å². The van der Waals surface area contributed by atoms with Gasteiger partial charge < -0.3 is 5.32 Å². The molecule has 1 N–H and O–H groups in total. The van der Waals surface area contributed by atoms with Gasteiger partial charge in [0.2, 0.25) is 0 Å². The van der Waals surface area contributed by atoms with Crippen molar-refractivity contribution in [2.24, 2.45) is 5.92 Å². The van der Waals surface area contributed by atoms with Crippen LogP contribution < -0.4 is 5.32 Å². The fraction of sp³-hybridized carbons (Fsp3) is 1.00. The molecular formula is C9H18ClN. The summed E-state index contributed by atoms with van der Waals surface area (Å²) in [7, 11) is 0. The van der Waals surface area contributed by atoms with Crippen molar-refractivity contribution in [2.45, 2.75) is 44.6 Å². The minimum Gasteiger partial charge on any atom is -0.314 e. The van der Waals surface area contributed by atoms with E-state index in [9.17, 15) is 0 Å². The van der Waals surface area contributed by atoms with Crippen LogP contribution in [-0.4, -0.2) is 12.6 Å². The molecule has 1 heterocycles. The highest BCUT2D eigenvalue weighted by Gasteiger charge is 2.27. The van der Waals surface area contributed by atoms with Gasteiger partial charge in [-0.25, -0.2) is 0 Å². The van der Waals surface area contributed by atoms with E-state index >= 15 is 0 Å². The first-order valence-electron chi connectivity index (χ1n) is 4.70. The minimum absolute atomic E-state index is 0. The molecule has 0 aromatic carbocycles. The zero-order valence-electron chi connectivity index (χ0n) is 7.01. The fourth-order valence-electron chi connectivity index (χ4n) is 2.47. The Labute approximate surface area is 75.4 Å². The van der Waals surface area contributed by atoms with Crippen LogP contribution in [0, 0.1) is 5.92 Å². The lowest BCUT2D eigenvalue weighted by Crippen LogP contribution is -2.30. The van der Waals surface area contributed by atoms with Crippen molar-refractivity contribution >= 4 is 12.4 Å². The molecule has 0 spiro atoms. The molecule has 0 aromatic rings. The van der Waals surface area contributed by atoms with Gasteiger partial charge in [-0.3, -0.25) is 0 Å². The average molecular weight is 176 g/mol. The highest BCUT2D eigenvalue weighted by molar-refractivity contribution is 5.85. The van der Waals surface area contributed by atoms with E-state index in [-0.39, 0.29) is 12.4 Å². The van der Waals surface area contributed by atoms with Crippen LogP contribution in [-0.2, 0) is 0 Å². The smallest absolute Gasteiger partial charge is 0.00953 e. The third kappa shape index (κ3) is 2.09. The first-order chi connectivity index (χ1) is 4.97. The summed E-state index contributed by atoms with van der Waals surface area (Å²) in [5.74, 6) is 1.04. The molecule has 0 amide bonds. The lowest BCUT2D eigenvalue weighted by Gasteiger charge is -2.15. The van der Waals surface area contributed by atoms with Gasteiger partial charge in [-0.1, -0.05) is 12.8 Å². The molecule has 0 radical (unpaired) electrons. The minimum atomic E-state index is 0. The molecule has 2 fully saturated rings. The second kappa shape index (κ2) is 4.32. The van der Waals surface area contributed by atoms with E-state index in [1.165, 1.54) is 45.1 Å². The molecule has 2 rings (SSSR count). The van der Waals surface area contributed by atoms with Crippen LogP contribution in [0.2, 0.25) is 0 Å². The monoisotopic (exact) mass is 175 g/mol. The second-order valence-corrected chi connectivity index (χ2v) is 3.75. The van der Waals surface area contributed by atoms with Crippen LogP contribution in [0.4, 0.5) is 0 Å². The molecule has 1 saturated carbocycles. The van der Waals surface area contributed by atoms with Crippen molar-refractivity contribution in [3.8, 4) is 0 Å². The van der Waals surface area contributed by atoms with E-state index in [1.807, 2.05) is 0 Å². The van der Waals surface area contributed by atoms with Crippen LogP contribution in [0.15, 0.2) is 0 Å². The zero-order chi connectivity index (χ0) is 6.81. The van der Waals surface area contributed by atoms with Crippen LogP contribution in [0.5, 0.6) is 0 Å². The van der Waals surface area contributed by atoms with Crippen LogP contribution >= 0.6 is 12.4 Å². The average Bonchev–Trinajstić information content (AvgIpc) is 2.28. The standard InChI is InChI=1S/C9H17N.ClH/c1-2-7-10-9-6-3-5-8(9)4-1;/h8-10H,1-7H2;1H/t8-,9-;/m0./s1. The summed E-state index contributed by atoms with van der Waals surface area (Å²) in [6, 6.07) is 0.905. The molecule has 2 heteroatoms. The Balaban J connectivity index is 0.000000605. The molecule has 1 aliphatic heterocycles. The SMILES string of the molecule is C1CC[C@H]2CCC[C@@H]2NC1.Cl. The van der Waals surface area contributed by atoms with Crippen molar-refractivity contribution in [1.29, 1.82) is 0 Å². The molecule has 2 aliphatic rings. The summed E-state index contributed by atoms with van der Waals surface area (Å²) in [6.07, 6.45) is 8.80. The molecule has 0 aromatic heterocycles. The van der Waals surface area contributed by atoms with Crippen LogP contribution in [0.25, 0.3) is 0 Å². The largest absolute Gasteiger partial charge is 0.314 e. The number of hydrogen-bond donors (Lipinski definition) is 1. The maximum Gasteiger partial charge on any atom is 0.00953 e. The highest BCUT2D eigenvalue weighted by atomic mass is 35.5.